The number of rotatable bonds is 3. The summed E-state index contributed by atoms with van der Waals surface area (Å²) in [6.45, 7) is 0. The van der Waals surface area contributed by atoms with Gasteiger partial charge in [0.15, 0.2) is 17.5 Å². The van der Waals surface area contributed by atoms with Crippen molar-refractivity contribution in [3.05, 3.63) is 29.6 Å². The zero-order valence-electron chi connectivity index (χ0n) is 12.9. The quantitative estimate of drug-likeness (QED) is 0.806. The van der Waals surface area contributed by atoms with E-state index in [0.29, 0.717) is 6.42 Å². The summed E-state index contributed by atoms with van der Waals surface area (Å²) in [5.74, 6) is -2.22. The van der Waals surface area contributed by atoms with Crippen LogP contribution in [0.3, 0.4) is 0 Å². The molecule has 0 unspecified atom stereocenters. The summed E-state index contributed by atoms with van der Waals surface area (Å²) in [4.78, 5) is 12.4. The number of halogens is 3. The second-order valence-corrected chi connectivity index (χ2v) is 7.87. The van der Waals surface area contributed by atoms with E-state index in [9.17, 15) is 18.0 Å². The highest BCUT2D eigenvalue weighted by molar-refractivity contribution is 5.91. The molecule has 4 aliphatic carbocycles. The second kappa shape index (κ2) is 5.25. The van der Waals surface area contributed by atoms with E-state index in [4.69, 9.17) is 0 Å². The lowest BCUT2D eigenvalue weighted by Crippen LogP contribution is -2.47. The average Bonchev–Trinajstić information content (AvgIpc) is 2.46. The number of carbonyl (C=O) groups excluding carboxylic acids is 1. The Bertz CT molecular complexity index is 623. The smallest absolute Gasteiger partial charge is 0.225 e. The first-order chi connectivity index (χ1) is 10.9. The summed E-state index contributed by atoms with van der Waals surface area (Å²) < 4.78 is 39.9. The monoisotopic (exact) mass is 323 g/mol. The molecule has 5 rings (SSSR count). The Morgan fingerprint density at radius 2 is 1.57 bits per heavy atom. The number of benzene rings is 1. The molecule has 1 amide bonds. The molecule has 0 spiro atoms. The summed E-state index contributed by atoms with van der Waals surface area (Å²) in [5, 5.41) is 2.43. The van der Waals surface area contributed by atoms with Crippen LogP contribution in [0.1, 0.15) is 44.9 Å². The fraction of sp³-hybridized carbons (Fsp3) is 0.611. The third kappa shape index (κ3) is 2.64. The summed E-state index contributed by atoms with van der Waals surface area (Å²) in [6, 6.07) is 1.91. The van der Waals surface area contributed by atoms with Gasteiger partial charge < -0.3 is 5.32 Å². The minimum Gasteiger partial charge on any atom is -0.323 e. The van der Waals surface area contributed by atoms with Crippen molar-refractivity contribution in [2.45, 2.75) is 44.9 Å². The summed E-state index contributed by atoms with van der Waals surface area (Å²) >= 11 is 0. The van der Waals surface area contributed by atoms with Crippen molar-refractivity contribution in [2.75, 3.05) is 5.32 Å². The first kappa shape index (κ1) is 15.0. The van der Waals surface area contributed by atoms with Crippen molar-refractivity contribution in [1.29, 1.82) is 0 Å². The summed E-state index contributed by atoms with van der Waals surface area (Å²) in [5.41, 5.74) is -0.243. The second-order valence-electron chi connectivity index (χ2n) is 7.87. The van der Waals surface area contributed by atoms with Crippen LogP contribution < -0.4 is 5.32 Å². The van der Waals surface area contributed by atoms with E-state index in [0.717, 1.165) is 49.1 Å². The Balaban J connectivity index is 1.48. The zero-order chi connectivity index (χ0) is 16.2. The van der Waals surface area contributed by atoms with Gasteiger partial charge in [0.05, 0.1) is 5.69 Å². The van der Waals surface area contributed by atoms with Crippen molar-refractivity contribution in [3.8, 4) is 0 Å². The fourth-order valence-electron chi connectivity index (χ4n) is 5.66. The molecule has 2 nitrogen and oxygen atoms in total. The van der Waals surface area contributed by atoms with Gasteiger partial charge in [-0.05, 0) is 73.8 Å². The SMILES string of the molecule is O=C(CC12CC3CC(CC(C3)C1)C2)Nc1ccc(F)c(F)c1F. The number of anilines is 1. The van der Waals surface area contributed by atoms with E-state index in [1.165, 1.54) is 19.3 Å². The van der Waals surface area contributed by atoms with Crippen molar-refractivity contribution in [2.24, 2.45) is 23.2 Å². The van der Waals surface area contributed by atoms with Crippen molar-refractivity contribution in [3.63, 3.8) is 0 Å². The van der Waals surface area contributed by atoms with Crippen LogP contribution >= 0.6 is 0 Å². The standard InChI is InChI=1S/C18H20F3NO/c19-13-1-2-14(17(21)16(13)20)22-15(23)9-18-6-10-3-11(7-18)5-12(4-10)8-18/h1-2,10-12H,3-9H2,(H,22,23). The maximum atomic E-state index is 13.7. The molecule has 1 aromatic rings. The minimum absolute atomic E-state index is 0.0356. The van der Waals surface area contributed by atoms with Gasteiger partial charge in [0.2, 0.25) is 5.91 Å². The normalized spacial score (nSPS) is 34.7. The molecule has 1 N–H and O–H groups in total. The number of hydrogen-bond acceptors (Lipinski definition) is 1. The van der Waals surface area contributed by atoms with Gasteiger partial charge in [-0.2, -0.15) is 0 Å². The van der Waals surface area contributed by atoms with E-state index >= 15 is 0 Å². The van der Waals surface area contributed by atoms with Crippen LogP contribution in [0.2, 0.25) is 0 Å². The molecule has 1 aromatic carbocycles. The van der Waals surface area contributed by atoms with Gasteiger partial charge in [0.25, 0.3) is 0 Å². The lowest BCUT2D eigenvalue weighted by molar-refractivity contribution is -0.124. The number of nitrogens with one attached hydrogen (secondary N) is 1. The molecule has 0 atom stereocenters. The molecule has 4 saturated carbocycles. The predicted octanol–water partition coefficient (Wildman–Crippen LogP) is 4.65. The number of hydrogen-bond donors (Lipinski definition) is 1. The number of carbonyl (C=O) groups is 1. The molecule has 0 aliphatic heterocycles. The van der Waals surface area contributed by atoms with Gasteiger partial charge >= 0.3 is 0 Å². The molecule has 124 valence electrons. The molecule has 4 fully saturated rings. The summed E-state index contributed by atoms with van der Waals surface area (Å²) in [7, 11) is 0. The van der Waals surface area contributed by atoms with Crippen molar-refractivity contribution >= 4 is 11.6 Å². The summed E-state index contributed by atoms with van der Waals surface area (Å²) in [6.07, 6.45) is 7.46. The van der Waals surface area contributed by atoms with Gasteiger partial charge in [0, 0.05) is 6.42 Å². The van der Waals surface area contributed by atoms with E-state index in [1.54, 1.807) is 0 Å². The van der Waals surface area contributed by atoms with Crippen molar-refractivity contribution < 1.29 is 18.0 Å². The molecule has 5 heteroatoms. The zero-order valence-corrected chi connectivity index (χ0v) is 12.9. The highest BCUT2D eigenvalue weighted by atomic mass is 19.2. The Morgan fingerprint density at radius 3 is 2.13 bits per heavy atom. The fourth-order valence-corrected chi connectivity index (χ4v) is 5.66. The molecular weight excluding hydrogens is 303 g/mol. The van der Waals surface area contributed by atoms with Crippen LogP contribution in [-0.4, -0.2) is 5.91 Å². The van der Waals surface area contributed by atoms with Gasteiger partial charge in [-0.25, -0.2) is 13.2 Å². The topological polar surface area (TPSA) is 29.1 Å². The lowest BCUT2D eigenvalue weighted by atomic mass is 9.49. The van der Waals surface area contributed by atoms with Gasteiger partial charge in [-0.1, -0.05) is 0 Å². The predicted molar refractivity (Wildman–Crippen MR) is 80.2 cm³/mol. The van der Waals surface area contributed by atoms with Crippen LogP contribution in [0.5, 0.6) is 0 Å². The Kier molecular flexibility index (Phi) is 3.43. The van der Waals surface area contributed by atoms with Gasteiger partial charge in [-0.3, -0.25) is 4.79 Å². The molecule has 4 bridgehead atoms. The van der Waals surface area contributed by atoms with Crippen LogP contribution in [0, 0.1) is 40.6 Å². The molecule has 0 radical (unpaired) electrons. The minimum atomic E-state index is -1.54. The third-order valence-electron chi connectivity index (χ3n) is 6.01. The molecule has 0 saturated heterocycles. The van der Waals surface area contributed by atoms with Crippen LogP contribution in [0.4, 0.5) is 18.9 Å². The first-order valence-electron chi connectivity index (χ1n) is 8.37. The Hall–Kier alpha value is -1.52. The Morgan fingerprint density at radius 1 is 1.00 bits per heavy atom. The largest absolute Gasteiger partial charge is 0.323 e. The van der Waals surface area contributed by atoms with E-state index in [2.05, 4.69) is 5.32 Å². The van der Waals surface area contributed by atoms with E-state index in [1.807, 2.05) is 0 Å². The van der Waals surface area contributed by atoms with Gasteiger partial charge in [-0.15, -0.1) is 0 Å². The highest BCUT2D eigenvalue weighted by Crippen LogP contribution is 2.61. The van der Waals surface area contributed by atoms with Gasteiger partial charge in [0.1, 0.15) is 0 Å². The maximum absolute atomic E-state index is 13.7. The van der Waals surface area contributed by atoms with Crippen LogP contribution in [0.15, 0.2) is 12.1 Å². The number of amides is 1. The maximum Gasteiger partial charge on any atom is 0.225 e. The molecule has 4 aliphatic rings. The van der Waals surface area contributed by atoms with E-state index < -0.39 is 17.5 Å². The molecule has 23 heavy (non-hydrogen) atoms. The van der Waals surface area contributed by atoms with Crippen LogP contribution in [0.25, 0.3) is 0 Å². The average molecular weight is 323 g/mol. The van der Waals surface area contributed by atoms with Crippen molar-refractivity contribution in [1.82, 2.24) is 0 Å². The Labute approximate surface area is 133 Å². The van der Waals surface area contributed by atoms with E-state index in [-0.39, 0.29) is 17.0 Å². The first-order valence-corrected chi connectivity index (χ1v) is 8.37. The molecular formula is C18H20F3NO. The molecule has 0 heterocycles. The highest BCUT2D eigenvalue weighted by Gasteiger charge is 2.51. The lowest BCUT2D eigenvalue weighted by Gasteiger charge is -2.56. The van der Waals surface area contributed by atoms with Crippen LogP contribution in [-0.2, 0) is 4.79 Å². The molecule has 0 aromatic heterocycles. The third-order valence-corrected chi connectivity index (χ3v) is 6.01.